The van der Waals surface area contributed by atoms with Crippen molar-refractivity contribution in [1.29, 1.82) is 0 Å². The molecule has 1 N–H and O–H groups in total. The number of piperazine rings is 1. The molecule has 1 heterocycles. The van der Waals surface area contributed by atoms with Crippen molar-refractivity contribution in [2.24, 2.45) is 5.41 Å². The van der Waals surface area contributed by atoms with Gasteiger partial charge in [-0.05, 0) is 32.9 Å². The maximum Gasteiger partial charge on any atom is 0.0218 e. The van der Waals surface area contributed by atoms with Crippen molar-refractivity contribution in [3.63, 3.8) is 0 Å². The van der Waals surface area contributed by atoms with Gasteiger partial charge in [0.05, 0.1) is 0 Å². The number of hydrogen-bond donors (Lipinski definition) is 1. The van der Waals surface area contributed by atoms with Gasteiger partial charge in [0.2, 0.25) is 0 Å². The molecule has 1 fully saturated rings. The molecule has 0 amide bonds. The second-order valence-corrected chi connectivity index (χ2v) is 6.28. The van der Waals surface area contributed by atoms with Gasteiger partial charge in [-0.25, -0.2) is 0 Å². The highest BCUT2D eigenvalue weighted by Gasteiger charge is 2.30. The SMILES string of the molecule is CCC1CN(CC(C)(C)C(C)NC)CCN1C. The van der Waals surface area contributed by atoms with Gasteiger partial charge in [-0.3, -0.25) is 4.90 Å². The monoisotopic (exact) mass is 241 g/mol. The van der Waals surface area contributed by atoms with Gasteiger partial charge in [0.1, 0.15) is 0 Å². The first-order chi connectivity index (χ1) is 7.90. The average molecular weight is 241 g/mol. The highest BCUT2D eigenvalue weighted by atomic mass is 15.3. The number of nitrogens with zero attached hydrogens (tertiary/aromatic N) is 2. The van der Waals surface area contributed by atoms with Crippen LogP contribution in [0.4, 0.5) is 0 Å². The predicted octanol–water partition coefficient (Wildman–Crippen LogP) is 1.65. The largest absolute Gasteiger partial charge is 0.317 e. The zero-order valence-electron chi connectivity index (χ0n) is 12.6. The van der Waals surface area contributed by atoms with E-state index in [2.05, 4.69) is 56.9 Å². The molecule has 3 nitrogen and oxygen atoms in total. The molecule has 3 heteroatoms. The maximum absolute atomic E-state index is 3.39. The van der Waals surface area contributed by atoms with Crippen molar-refractivity contribution in [2.45, 2.75) is 46.2 Å². The Balaban J connectivity index is 2.52. The standard InChI is InChI=1S/C14H31N3/c1-7-13-10-17(9-8-16(13)6)11-14(3,4)12(2)15-5/h12-13,15H,7-11H2,1-6H3. The second kappa shape index (κ2) is 6.17. The highest BCUT2D eigenvalue weighted by Crippen LogP contribution is 2.23. The predicted molar refractivity (Wildman–Crippen MR) is 75.5 cm³/mol. The Morgan fingerprint density at radius 1 is 1.35 bits per heavy atom. The van der Waals surface area contributed by atoms with Crippen LogP contribution in [0.3, 0.4) is 0 Å². The molecule has 1 aliphatic rings. The van der Waals surface area contributed by atoms with Crippen LogP contribution in [0.1, 0.15) is 34.1 Å². The van der Waals surface area contributed by atoms with Crippen LogP contribution >= 0.6 is 0 Å². The molecule has 0 aromatic heterocycles. The first-order valence-corrected chi connectivity index (χ1v) is 7.00. The topological polar surface area (TPSA) is 18.5 Å². The molecular weight excluding hydrogens is 210 g/mol. The second-order valence-electron chi connectivity index (χ2n) is 6.28. The Morgan fingerprint density at radius 2 is 2.00 bits per heavy atom. The van der Waals surface area contributed by atoms with Crippen LogP contribution in [0.5, 0.6) is 0 Å². The van der Waals surface area contributed by atoms with Crippen LogP contribution < -0.4 is 5.32 Å². The Kier molecular flexibility index (Phi) is 5.42. The third-order valence-electron chi connectivity index (χ3n) is 4.57. The van der Waals surface area contributed by atoms with Crippen LogP contribution in [0.15, 0.2) is 0 Å². The molecule has 2 atom stereocenters. The molecule has 0 saturated carbocycles. The summed E-state index contributed by atoms with van der Waals surface area (Å²) in [7, 11) is 4.32. The Hall–Kier alpha value is -0.120. The molecule has 17 heavy (non-hydrogen) atoms. The lowest BCUT2D eigenvalue weighted by molar-refractivity contribution is 0.0571. The molecule has 0 bridgehead atoms. The van der Waals surface area contributed by atoms with Gasteiger partial charge in [0.15, 0.2) is 0 Å². The van der Waals surface area contributed by atoms with Crippen molar-refractivity contribution in [3.05, 3.63) is 0 Å². The summed E-state index contributed by atoms with van der Waals surface area (Å²) in [4.78, 5) is 5.15. The summed E-state index contributed by atoms with van der Waals surface area (Å²) < 4.78 is 0. The van der Waals surface area contributed by atoms with E-state index in [1.807, 2.05) is 0 Å². The third kappa shape index (κ3) is 3.94. The number of nitrogens with one attached hydrogen (secondary N) is 1. The summed E-state index contributed by atoms with van der Waals surface area (Å²) in [5.41, 5.74) is 0.336. The van der Waals surface area contributed by atoms with Crippen LogP contribution in [-0.2, 0) is 0 Å². The third-order valence-corrected chi connectivity index (χ3v) is 4.57. The summed E-state index contributed by atoms with van der Waals surface area (Å²) in [5.74, 6) is 0. The average Bonchev–Trinajstić information content (AvgIpc) is 2.30. The minimum atomic E-state index is 0.336. The summed E-state index contributed by atoms with van der Waals surface area (Å²) >= 11 is 0. The normalized spacial score (nSPS) is 26.1. The van der Waals surface area contributed by atoms with Gasteiger partial charge in [0.25, 0.3) is 0 Å². The zero-order valence-corrected chi connectivity index (χ0v) is 12.6. The van der Waals surface area contributed by atoms with Crippen LogP contribution in [0.25, 0.3) is 0 Å². The van der Waals surface area contributed by atoms with Gasteiger partial charge in [-0.15, -0.1) is 0 Å². The first kappa shape index (κ1) is 14.9. The minimum absolute atomic E-state index is 0.336. The van der Waals surface area contributed by atoms with Gasteiger partial charge in [-0.2, -0.15) is 0 Å². The zero-order chi connectivity index (χ0) is 13.1. The fourth-order valence-electron chi connectivity index (χ4n) is 2.70. The molecule has 1 aliphatic heterocycles. The fraction of sp³-hybridized carbons (Fsp3) is 1.00. The molecule has 0 spiro atoms. The van der Waals surface area contributed by atoms with Gasteiger partial charge in [0, 0.05) is 38.3 Å². The summed E-state index contributed by atoms with van der Waals surface area (Å²) in [6.45, 7) is 14.2. The Labute approximate surface area is 108 Å². The highest BCUT2D eigenvalue weighted by molar-refractivity contribution is 4.87. The molecule has 0 aliphatic carbocycles. The lowest BCUT2D eigenvalue weighted by atomic mass is 9.84. The smallest absolute Gasteiger partial charge is 0.0218 e. The van der Waals surface area contributed by atoms with E-state index in [9.17, 15) is 0 Å². The number of likely N-dealkylation sites (N-methyl/N-ethyl adjacent to an activating group) is 1. The van der Waals surface area contributed by atoms with E-state index >= 15 is 0 Å². The van der Waals surface area contributed by atoms with E-state index in [1.165, 1.54) is 32.6 Å². The number of hydrogen-bond acceptors (Lipinski definition) is 3. The summed E-state index contributed by atoms with van der Waals surface area (Å²) in [5, 5.41) is 3.39. The fourth-order valence-corrected chi connectivity index (χ4v) is 2.70. The lowest BCUT2D eigenvalue weighted by Gasteiger charge is -2.43. The van der Waals surface area contributed by atoms with E-state index in [-0.39, 0.29) is 0 Å². The summed E-state index contributed by atoms with van der Waals surface area (Å²) in [6, 6.07) is 1.30. The molecule has 1 rings (SSSR count). The van der Waals surface area contributed by atoms with Crippen LogP contribution in [-0.4, -0.2) is 62.2 Å². The van der Waals surface area contributed by atoms with Gasteiger partial charge >= 0.3 is 0 Å². The van der Waals surface area contributed by atoms with Crippen molar-refractivity contribution in [1.82, 2.24) is 15.1 Å². The first-order valence-electron chi connectivity index (χ1n) is 7.00. The summed E-state index contributed by atoms with van der Waals surface area (Å²) in [6.07, 6.45) is 1.26. The van der Waals surface area contributed by atoms with E-state index in [0.717, 1.165) is 6.04 Å². The van der Waals surface area contributed by atoms with E-state index in [0.29, 0.717) is 11.5 Å². The molecular formula is C14H31N3. The van der Waals surface area contributed by atoms with Gasteiger partial charge < -0.3 is 10.2 Å². The maximum atomic E-state index is 3.39. The Bertz CT molecular complexity index is 228. The minimum Gasteiger partial charge on any atom is -0.317 e. The van der Waals surface area contributed by atoms with Gasteiger partial charge in [-0.1, -0.05) is 20.8 Å². The van der Waals surface area contributed by atoms with Crippen molar-refractivity contribution >= 4 is 0 Å². The Morgan fingerprint density at radius 3 is 2.53 bits per heavy atom. The molecule has 0 aromatic rings. The van der Waals surface area contributed by atoms with E-state index in [4.69, 9.17) is 0 Å². The molecule has 1 saturated heterocycles. The molecule has 0 aromatic carbocycles. The van der Waals surface area contributed by atoms with Crippen molar-refractivity contribution < 1.29 is 0 Å². The molecule has 0 radical (unpaired) electrons. The van der Waals surface area contributed by atoms with E-state index in [1.54, 1.807) is 0 Å². The lowest BCUT2D eigenvalue weighted by Crippen LogP contribution is -2.55. The van der Waals surface area contributed by atoms with Crippen LogP contribution in [0, 0.1) is 5.41 Å². The van der Waals surface area contributed by atoms with Crippen molar-refractivity contribution in [3.8, 4) is 0 Å². The van der Waals surface area contributed by atoms with E-state index < -0.39 is 0 Å². The number of rotatable bonds is 5. The molecule has 102 valence electrons. The molecule has 2 unspecified atom stereocenters. The quantitative estimate of drug-likeness (QED) is 0.789. The van der Waals surface area contributed by atoms with Crippen molar-refractivity contribution in [2.75, 3.05) is 40.3 Å². The van der Waals surface area contributed by atoms with Crippen LogP contribution in [0.2, 0.25) is 0 Å².